The van der Waals surface area contributed by atoms with Crippen LogP contribution in [0.4, 0.5) is 30.2 Å². The number of fused-ring (bicyclic) bond motifs is 1. The summed E-state index contributed by atoms with van der Waals surface area (Å²) in [6, 6.07) is 15.6. The normalized spacial score (nSPS) is 18.0. The second-order valence-electron chi connectivity index (χ2n) is 19.3. The van der Waals surface area contributed by atoms with E-state index in [2.05, 4.69) is 43.7 Å². The third kappa shape index (κ3) is 11.4. The van der Waals surface area contributed by atoms with Crippen molar-refractivity contribution in [2.24, 2.45) is 11.3 Å². The van der Waals surface area contributed by atoms with E-state index in [1.165, 1.54) is 36.0 Å². The van der Waals surface area contributed by atoms with Gasteiger partial charge in [0.05, 0.1) is 39.9 Å². The molecule has 2 fully saturated rings. The maximum atomic E-state index is 14.0. The molecule has 5 aromatic rings. The number of H-pyrrole nitrogens is 1. The largest absolute Gasteiger partial charge is 0.455 e. The Labute approximate surface area is 404 Å². The van der Waals surface area contributed by atoms with Crippen LogP contribution < -0.4 is 19.7 Å². The Morgan fingerprint density at radius 2 is 1.80 bits per heavy atom. The summed E-state index contributed by atoms with van der Waals surface area (Å²) in [5.74, 6) is -0.946. The van der Waals surface area contributed by atoms with Gasteiger partial charge in [0.2, 0.25) is 5.91 Å². The number of aryl methyl sites for hydroxylation is 1. The number of carbonyl (C=O) groups is 2. The lowest BCUT2D eigenvalue weighted by Crippen LogP contribution is -2.49. The van der Waals surface area contributed by atoms with E-state index in [-0.39, 0.29) is 53.1 Å². The molecule has 2 aromatic heterocycles. The summed E-state index contributed by atoms with van der Waals surface area (Å²) in [6.45, 7) is 14.1. The minimum Gasteiger partial charge on any atom is -0.455 e. The van der Waals surface area contributed by atoms with Gasteiger partial charge in [-0.05, 0) is 96.8 Å². The number of pyridine rings is 1. The van der Waals surface area contributed by atoms with E-state index in [0.717, 1.165) is 47.9 Å². The first-order chi connectivity index (χ1) is 33.1. The number of allylic oxidation sites excluding steroid dienone is 1. The molecule has 1 aliphatic carbocycles. The number of nitrogens with zero attached hydrogens (tertiary/aromatic N) is 5. The highest BCUT2D eigenvalue weighted by atomic mass is 32.2. The number of ether oxygens (including phenoxy) is 2. The van der Waals surface area contributed by atoms with E-state index in [4.69, 9.17) is 9.47 Å². The molecule has 0 unspecified atom stereocenters. The second kappa shape index (κ2) is 20.1. The zero-order valence-electron chi connectivity index (χ0n) is 39.7. The van der Waals surface area contributed by atoms with Crippen LogP contribution in [-0.4, -0.2) is 110 Å². The molecule has 2 aliphatic heterocycles. The SMILES string of the molecule is Cc1cc(C(F)(F)F)ccc1C1=C(CN2CCN(c3ccc(C(=O)NS(=O)(=O)c4ccc(NC[C@@H]5CN(C(=O)C(C)C)CCO5)c([N+](=O)[O-])c4)c(Oc4cnc5[nH]ccc5c4)c3)CC2)CCC(C)(C)C1. The lowest BCUT2D eigenvalue weighted by Gasteiger charge is -2.39. The molecule has 0 saturated carbocycles. The van der Waals surface area contributed by atoms with Crippen LogP contribution in [0.15, 0.2) is 89.6 Å². The Morgan fingerprint density at radius 3 is 2.51 bits per heavy atom. The van der Waals surface area contributed by atoms with Crippen LogP contribution in [0.5, 0.6) is 11.5 Å². The molecule has 0 spiro atoms. The fourth-order valence-corrected chi connectivity index (χ4v) is 10.3. The Hall–Kier alpha value is -6.51. The van der Waals surface area contributed by atoms with Crippen LogP contribution >= 0.6 is 0 Å². The number of benzene rings is 3. The van der Waals surface area contributed by atoms with Crippen LogP contribution in [0, 0.1) is 28.4 Å². The number of hydrogen-bond donors (Lipinski definition) is 3. The highest BCUT2D eigenvalue weighted by Gasteiger charge is 2.34. The molecule has 1 atom stereocenters. The first-order valence-corrected chi connectivity index (χ1v) is 24.7. The lowest BCUT2D eigenvalue weighted by molar-refractivity contribution is -0.384. The molecule has 20 heteroatoms. The van der Waals surface area contributed by atoms with Gasteiger partial charge in [-0.25, -0.2) is 18.1 Å². The van der Waals surface area contributed by atoms with Crippen LogP contribution in [-0.2, 0) is 25.7 Å². The fraction of sp³-hybridized carbons (Fsp3) is 0.420. The van der Waals surface area contributed by atoms with Crippen molar-refractivity contribution in [2.75, 3.05) is 69.2 Å². The van der Waals surface area contributed by atoms with E-state index < -0.39 is 49.3 Å². The Balaban J connectivity index is 0.990. The molecular weight excluding hydrogens is 930 g/mol. The van der Waals surface area contributed by atoms with Crippen molar-refractivity contribution in [3.05, 3.63) is 117 Å². The van der Waals surface area contributed by atoms with Crippen LogP contribution in [0.3, 0.4) is 0 Å². The number of hydrogen-bond acceptors (Lipinski definition) is 12. The first-order valence-electron chi connectivity index (χ1n) is 23.3. The number of alkyl halides is 3. The summed E-state index contributed by atoms with van der Waals surface area (Å²) in [5.41, 5.74) is 3.81. The summed E-state index contributed by atoms with van der Waals surface area (Å²) in [4.78, 5) is 51.1. The van der Waals surface area contributed by atoms with Crippen molar-refractivity contribution in [1.82, 2.24) is 24.5 Å². The minimum atomic E-state index is -4.68. The van der Waals surface area contributed by atoms with E-state index in [1.807, 2.05) is 0 Å². The maximum Gasteiger partial charge on any atom is 0.416 e. The molecule has 4 heterocycles. The number of rotatable bonds is 14. The summed E-state index contributed by atoms with van der Waals surface area (Å²) >= 11 is 0. The highest BCUT2D eigenvalue weighted by Crippen LogP contribution is 2.45. The monoisotopic (exact) mass is 986 g/mol. The van der Waals surface area contributed by atoms with Crippen molar-refractivity contribution in [2.45, 2.75) is 71.1 Å². The Bertz CT molecular complexity index is 2950. The van der Waals surface area contributed by atoms with E-state index in [9.17, 15) is 41.3 Å². The molecule has 2 saturated heterocycles. The summed E-state index contributed by atoms with van der Waals surface area (Å²) in [5, 5.41) is 15.9. The second-order valence-corrected chi connectivity index (χ2v) is 20.9. The van der Waals surface area contributed by atoms with Crippen LogP contribution in [0.2, 0.25) is 0 Å². The molecule has 2 amide bonds. The van der Waals surface area contributed by atoms with E-state index in [0.29, 0.717) is 62.8 Å². The Morgan fingerprint density at radius 1 is 1.03 bits per heavy atom. The number of aromatic nitrogens is 2. The number of sulfonamides is 1. The first kappa shape index (κ1) is 49.9. The average Bonchev–Trinajstić information content (AvgIpc) is 3.79. The smallest absolute Gasteiger partial charge is 0.416 e. The molecule has 70 heavy (non-hydrogen) atoms. The highest BCUT2D eigenvalue weighted by molar-refractivity contribution is 7.90. The number of anilines is 2. The molecule has 0 radical (unpaired) electrons. The lowest BCUT2D eigenvalue weighted by atomic mass is 9.72. The quantitative estimate of drug-likeness (QED) is 0.0709. The van der Waals surface area contributed by atoms with Gasteiger partial charge in [0.1, 0.15) is 22.8 Å². The van der Waals surface area contributed by atoms with Gasteiger partial charge >= 0.3 is 6.18 Å². The number of piperazine rings is 1. The van der Waals surface area contributed by atoms with Crippen molar-refractivity contribution >= 4 is 55.5 Å². The topological polar surface area (TPSA) is 192 Å². The number of nitro groups is 1. The molecular formula is C50H57F3N8O8S. The van der Waals surface area contributed by atoms with Gasteiger partial charge in [-0.2, -0.15) is 13.2 Å². The van der Waals surface area contributed by atoms with Gasteiger partial charge < -0.3 is 29.6 Å². The molecule has 16 nitrogen and oxygen atoms in total. The number of carbonyl (C=O) groups excluding carboxylic acids is 2. The third-order valence-corrected chi connectivity index (χ3v) is 14.5. The molecule has 3 aliphatic rings. The van der Waals surface area contributed by atoms with Crippen molar-refractivity contribution in [3.8, 4) is 11.5 Å². The van der Waals surface area contributed by atoms with Gasteiger partial charge in [0.15, 0.2) is 0 Å². The van der Waals surface area contributed by atoms with Gasteiger partial charge in [-0.15, -0.1) is 0 Å². The van der Waals surface area contributed by atoms with Gasteiger partial charge in [-0.3, -0.25) is 24.6 Å². The maximum absolute atomic E-state index is 14.0. The molecule has 372 valence electrons. The minimum absolute atomic E-state index is 0.000221. The van der Waals surface area contributed by atoms with Crippen molar-refractivity contribution in [3.63, 3.8) is 0 Å². The summed E-state index contributed by atoms with van der Waals surface area (Å²) in [6.07, 6.45) is 0.865. The number of halogens is 3. The number of amides is 2. The number of aromatic amines is 1. The van der Waals surface area contributed by atoms with Crippen LogP contribution in [0.25, 0.3) is 16.6 Å². The molecule has 0 bridgehead atoms. The molecule has 8 rings (SSSR count). The average molecular weight is 987 g/mol. The zero-order chi connectivity index (χ0) is 50.1. The van der Waals surface area contributed by atoms with Gasteiger partial charge in [0, 0.05) is 87.7 Å². The van der Waals surface area contributed by atoms with E-state index in [1.54, 1.807) is 62.2 Å². The number of morpholine rings is 1. The predicted molar refractivity (Wildman–Crippen MR) is 259 cm³/mol. The zero-order valence-corrected chi connectivity index (χ0v) is 40.5. The van der Waals surface area contributed by atoms with Crippen LogP contribution in [0.1, 0.15) is 74.0 Å². The van der Waals surface area contributed by atoms with E-state index >= 15 is 0 Å². The molecule has 3 aromatic carbocycles. The number of nitrogens with one attached hydrogen (secondary N) is 3. The van der Waals surface area contributed by atoms with Crippen molar-refractivity contribution < 1.29 is 45.6 Å². The number of nitro benzene ring substituents is 1. The Kier molecular flexibility index (Phi) is 14.3. The third-order valence-electron chi connectivity index (χ3n) is 13.2. The van der Waals surface area contributed by atoms with Gasteiger partial charge in [0.25, 0.3) is 21.6 Å². The summed E-state index contributed by atoms with van der Waals surface area (Å²) < 4.78 is 82.4. The van der Waals surface area contributed by atoms with Crippen molar-refractivity contribution in [1.29, 1.82) is 0 Å². The summed E-state index contributed by atoms with van der Waals surface area (Å²) in [7, 11) is -4.68. The standard InChI is InChI=1S/C50H57F3N8O8S/c1-31(2)48(63)60-20-21-68-38(30-60)28-55-43-11-8-39(25-44(43)61(64)65)70(66,67)57-47(62)41-10-7-36(24-45(41)69-37-23-33-13-15-54-46(33)56-27-37)59-18-16-58(17-19-59)29-34-12-14-49(4,5)26-42(34)40-9-6-35(22-32(40)3)50(51,52)53/h6-11,13,15,22-25,27,31,38,55H,12,14,16-21,26,28-30H2,1-5H3,(H,54,56)(H,57,62)/t38-/m1/s1. The molecule has 3 N–H and O–H groups in total. The predicted octanol–water partition coefficient (Wildman–Crippen LogP) is 8.79. The fourth-order valence-electron chi connectivity index (χ4n) is 9.33. The van der Waals surface area contributed by atoms with Gasteiger partial charge in [-0.1, -0.05) is 39.3 Å².